The third-order valence-corrected chi connectivity index (χ3v) is 16.3. The molecule has 0 nitrogen and oxygen atoms in total. The molecule has 24 heavy (non-hydrogen) atoms. The summed E-state index contributed by atoms with van der Waals surface area (Å²) < 4.78 is 0. The van der Waals surface area contributed by atoms with Crippen LogP contribution in [0.1, 0.15) is 0 Å². The van der Waals surface area contributed by atoms with Gasteiger partial charge in [0.25, 0.3) is 0 Å². The average Bonchev–Trinajstić information content (AvgIpc) is 2.44. The first kappa shape index (κ1) is 21.5. The van der Waals surface area contributed by atoms with Crippen LogP contribution >= 0.6 is 94.1 Å². The van der Waals surface area contributed by atoms with E-state index in [1.165, 1.54) is 69.0 Å². The van der Waals surface area contributed by atoms with Crippen molar-refractivity contribution in [2.75, 3.05) is 69.0 Å². The number of hydrogen-bond donors (Lipinski definition) is 0. The summed E-state index contributed by atoms with van der Waals surface area (Å²) in [5.41, 5.74) is 0. The van der Waals surface area contributed by atoms with E-state index in [2.05, 4.69) is 94.1 Å². The standard InChI is InChI=1S/C16H28S8/c1(2-21-13-6-18-7-13)17-5-16(12-24-15-10-20-11-15)23-4-3-22-14-8-19-9-14/h13-16H,1-12H2. The van der Waals surface area contributed by atoms with E-state index in [9.17, 15) is 0 Å². The van der Waals surface area contributed by atoms with Gasteiger partial charge in [-0.1, -0.05) is 0 Å². The van der Waals surface area contributed by atoms with Crippen LogP contribution in [0.5, 0.6) is 0 Å². The van der Waals surface area contributed by atoms with Gasteiger partial charge >= 0.3 is 0 Å². The quantitative estimate of drug-likeness (QED) is 0.303. The Labute approximate surface area is 182 Å². The molecule has 0 aromatic rings. The molecule has 3 rings (SSSR count). The fraction of sp³-hybridized carbons (Fsp3) is 1.00. The minimum Gasteiger partial charge on any atom is -0.160 e. The molecule has 3 saturated heterocycles. The first-order valence-electron chi connectivity index (χ1n) is 8.67. The molecule has 8 heteroatoms. The highest BCUT2D eigenvalue weighted by Crippen LogP contribution is 2.34. The molecule has 1 unspecified atom stereocenters. The molecule has 0 aromatic carbocycles. The third-order valence-electron chi connectivity index (χ3n) is 4.02. The SMILES string of the molecule is C(CSC1CSC1)SCC(CSC1CSC1)SCCSC1CSC1. The van der Waals surface area contributed by atoms with Gasteiger partial charge in [0.05, 0.1) is 0 Å². The lowest BCUT2D eigenvalue weighted by Gasteiger charge is -2.27. The lowest BCUT2D eigenvalue weighted by molar-refractivity contribution is 1.06. The maximum atomic E-state index is 2.27. The zero-order valence-electron chi connectivity index (χ0n) is 14.1. The van der Waals surface area contributed by atoms with Crippen LogP contribution in [0.3, 0.4) is 0 Å². The van der Waals surface area contributed by atoms with Crippen LogP contribution in [0.15, 0.2) is 0 Å². The summed E-state index contributed by atoms with van der Waals surface area (Å²) in [7, 11) is 0. The molecule has 3 aliphatic rings. The smallest absolute Gasteiger partial charge is 0.0229 e. The van der Waals surface area contributed by atoms with Gasteiger partial charge in [0.15, 0.2) is 0 Å². The molecule has 0 radical (unpaired) electrons. The van der Waals surface area contributed by atoms with E-state index in [-0.39, 0.29) is 0 Å². The summed E-state index contributed by atoms with van der Waals surface area (Å²) in [5.74, 6) is 16.7. The molecule has 140 valence electrons. The van der Waals surface area contributed by atoms with Crippen molar-refractivity contribution in [3.8, 4) is 0 Å². The highest BCUT2D eigenvalue weighted by atomic mass is 32.2. The van der Waals surface area contributed by atoms with Crippen molar-refractivity contribution < 1.29 is 0 Å². The van der Waals surface area contributed by atoms with Crippen LogP contribution in [-0.2, 0) is 0 Å². The van der Waals surface area contributed by atoms with Gasteiger partial charge in [-0.25, -0.2) is 0 Å². The van der Waals surface area contributed by atoms with Gasteiger partial charge in [-0.15, -0.1) is 0 Å². The molecule has 0 bridgehead atoms. The van der Waals surface area contributed by atoms with Gasteiger partial charge in [0, 0.05) is 90.0 Å². The van der Waals surface area contributed by atoms with Gasteiger partial charge in [-0.2, -0.15) is 94.1 Å². The summed E-state index contributed by atoms with van der Waals surface area (Å²) >= 11 is 17.5. The van der Waals surface area contributed by atoms with Gasteiger partial charge in [0.2, 0.25) is 0 Å². The molecule has 3 fully saturated rings. The van der Waals surface area contributed by atoms with Crippen molar-refractivity contribution in [1.82, 2.24) is 0 Å². The van der Waals surface area contributed by atoms with Crippen molar-refractivity contribution >= 4 is 94.1 Å². The molecule has 0 amide bonds. The van der Waals surface area contributed by atoms with Crippen molar-refractivity contribution in [1.29, 1.82) is 0 Å². The van der Waals surface area contributed by atoms with Crippen LogP contribution in [0.2, 0.25) is 0 Å². The second-order valence-corrected chi connectivity index (χ2v) is 16.1. The van der Waals surface area contributed by atoms with E-state index in [1.807, 2.05) is 0 Å². The van der Waals surface area contributed by atoms with Crippen LogP contribution in [0.25, 0.3) is 0 Å². The number of rotatable bonds is 14. The lowest BCUT2D eigenvalue weighted by Crippen LogP contribution is -2.24. The van der Waals surface area contributed by atoms with Gasteiger partial charge in [-0.05, 0) is 0 Å². The zero-order valence-corrected chi connectivity index (χ0v) is 20.6. The molecule has 0 aliphatic carbocycles. The first-order chi connectivity index (χ1) is 11.9. The van der Waals surface area contributed by atoms with Crippen molar-refractivity contribution in [2.45, 2.75) is 21.0 Å². The highest BCUT2D eigenvalue weighted by Gasteiger charge is 2.22. The molecule has 0 spiro atoms. The first-order valence-corrected chi connectivity index (χ1v) is 17.5. The molecule has 0 saturated carbocycles. The van der Waals surface area contributed by atoms with E-state index >= 15 is 0 Å². The lowest BCUT2D eigenvalue weighted by atomic mass is 10.5. The minimum absolute atomic E-state index is 0.881. The fourth-order valence-corrected chi connectivity index (χ4v) is 12.8. The number of thioether (sulfide) groups is 8. The molecule has 3 heterocycles. The summed E-state index contributed by atoms with van der Waals surface area (Å²) in [6.45, 7) is 0. The van der Waals surface area contributed by atoms with E-state index in [0.717, 1.165) is 21.0 Å². The van der Waals surface area contributed by atoms with Crippen LogP contribution in [0.4, 0.5) is 0 Å². The van der Waals surface area contributed by atoms with Gasteiger partial charge in [-0.3, -0.25) is 0 Å². The maximum absolute atomic E-state index is 2.27. The molecule has 0 aromatic heterocycles. The maximum Gasteiger partial charge on any atom is 0.0229 e. The molecule has 0 N–H and O–H groups in total. The minimum atomic E-state index is 0.881. The van der Waals surface area contributed by atoms with E-state index < -0.39 is 0 Å². The molecular formula is C16H28S8. The second kappa shape index (κ2) is 13.1. The Hall–Kier alpha value is 2.80. The Balaban J connectivity index is 1.22. The number of hydrogen-bond acceptors (Lipinski definition) is 8. The topological polar surface area (TPSA) is 0 Å². The van der Waals surface area contributed by atoms with E-state index in [0.29, 0.717) is 0 Å². The monoisotopic (exact) mass is 476 g/mol. The summed E-state index contributed by atoms with van der Waals surface area (Å²) in [6, 6.07) is 0. The van der Waals surface area contributed by atoms with Gasteiger partial charge in [0.1, 0.15) is 0 Å². The average molecular weight is 477 g/mol. The highest BCUT2D eigenvalue weighted by molar-refractivity contribution is 8.10. The van der Waals surface area contributed by atoms with Crippen LogP contribution in [-0.4, -0.2) is 90.0 Å². The van der Waals surface area contributed by atoms with Crippen LogP contribution < -0.4 is 0 Å². The second-order valence-electron chi connectivity index (χ2n) is 6.12. The van der Waals surface area contributed by atoms with Crippen molar-refractivity contribution in [3.05, 3.63) is 0 Å². The zero-order chi connectivity index (χ0) is 16.5. The summed E-state index contributed by atoms with van der Waals surface area (Å²) in [6.07, 6.45) is 0. The Morgan fingerprint density at radius 2 is 1.17 bits per heavy atom. The van der Waals surface area contributed by atoms with Gasteiger partial charge < -0.3 is 0 Å². The van der Waals surface area contributed by atoms with E-state index in [1.54, 1.807) is 0 Å². The Bertz CT molecular complexity index is 330. The third kappa shape index (κ3) is 8.44. The molecular weight excluding hydrogens is 449 g/mol. The van der Waals surface area contributed by atoms with Crippen molar-refractivity contribution in [3.63, 3.8) is 0 Å². The Morgan fingerprint density at radius 1 is 0.625 bits per heavy atom. The van der Waals surface area contributed by atoms with Crippen molar-refractivity contribution in [2.24, 2.45) is 0 Å². The summed E-state index contributed by atoms with van der Waals surface area (Å²) in [4.78, 5) is 0. The Morgan fingerprint density at radius 3 is 1.71 bits per heavy atom. The van der Waals surface area contributed by atoms with E-state index in [4.69, 9.17) is 0 Å². The summed E-state index contributed by atoms with van der Waals surface area (Å²) in [5, 5.41) is 3.81. The predicted octanol–water partition coefficient (Wildman–Crippen LogP) is 5.37. The fourth-order valence-electron chi connectivity index (χ4n) is 2.24. The Kier molecular flexibility index (Phi) is 11.7. The molecule has 1 atom stereocenters. The molecule has 3 aliphatic heterocycles. The van der Waals surface area contributed by atoms with Crippen LogP contribution in [0, 0.1) is 0 Å². The normalized spacial score (nSPS) is 23.5. The predicted molar refractivity (Wildman–Crippen MR) is 134 cm³/mol. The largest absolute Gasteiger partial charge is 0.160 e.